The first-order valence-electron chi connectivity index (χ1n) is 9.35. The Labute approximate surface area is 180 Å². The summed E-state index contributed by atoms with van der Waals surface area (Å²) in [5, 5.41) is 7.55. The van der Waals surface area contributed by atoms with Gasteiger partial charge >= 0.3 is 0 Å². The lowest BCUT2D eigenvalue weighted by Gasteiger charge is -2.37. The first kappa shape index (κ1) is 23.5. The Morgan fingerprint density at radius 1 is 1.19 bits per heavy atom. The highest BCUT2D eigenvalue weighted by Gasteiger charge is 2.20. The average Bonchev–Trinajstić information content (AvgIpc) is 2.64. The number of nitrogens with one attached hydrogen (secondary N) is 2. The molecule has 0 aromatic heterocycles. The van der Waals surface area contributed by atoms with Gasteiger partial charge in [-0.2, -0.15) is 0 Å². The largest absolute Gasteiger partial charge is 0.357 e. The Morgan fingerprint density at radius 2 is 1.92 bits per heavy atom. The van der Waals surface area contributed by atoms with E-state index < -0.39 is 0 Å². The molecule has 7 heteroatoms. The Kier molecular flexibility index (Phi) is 11.5. The summed E-state index contributed by atoms with van der Waals surface area (Å²) >= 11 is 6.04. The number of hydrogen-bond donors (Lipinski definition) is 2. The van der Waals surface area contributed by atoms with E-state index >= 15 is 0 Å². The van der Waals surface area contributed by atoms with Crippen LogP contribution in [0.1, 0.15) is 26.3 Å². The molecular weight excluding hydrogens is 461 g/mol. The average molecular weight is 494 g/mol. The Balaban J connectivity index is 0.00000338. The zero-order valence-corrected chi connectivity index (χ0v) is 19.3. The van der Waals surface area contributed by atoms with Crippen molar-refractivity contribution in [1.82, 2.24) is 20.4 Å². The third-order valence-corrected chi connectivity index (χ3v) is 4.93. The van der Waals surface area contributed by atoms with Crippen molar-refractivity contribution in [2.75, 3.05) is 45.8 Å². The highest BCUT2D eigenvalue weighted by molar-refractivity contribution is 14.0. The fourth-order valence-electron chi connectivity index (χ4n) is 3.04. The summed E-state index contributed by atoms with van der Waals surface area (Å²) in [6.45, 7) is 14.8. The van der Waals surface area contributed by atoms with Crippen LogP contribution in [-0.2, 0) is 6.54 Å². The van der Waals surface area contributed by atoms with Gasteiger partial charge < -0.3 is 15.5 Å². The van der Waals surface area contributed by atoms with Crippen LogP contribution in [0.5, 0.6) is 0 Å². The predicted octanol–water partition coefficient (Wildman–Crippen LogP) is 3.04. The fraction of sp³-hybridized carbons (Fsp3) is 0.632. The van der Waals surface area contributed by atoms with Crippen molar-refractivity contribution in [2.45, 2.75) is 33.4 Å². The summed E-state index contributed by atoms with van der Waals surface area (Å²) in [6, 6.07) is 8.36. The highest BCUT2D eigenvalue weighted by Crippen LogP contribution is 2.11. The van der Waals surface area contributed by atoms with Crippen LogP contribution in [0.25, 0.3) is 0 Å². The number of aliphatic imine (C=N–C) groups is 1. The molecule has 26 heavy (non-hydrogen) atoms. The summed E-state index contributed by atoms with van der Waals surface area (Å²) in [5.41, 5.74) is 1.12. The van der Waals surface area contributed by atoms with E-state index in [1.165, 1.54) is 13.1 Å². The van der Waals surface area contributed by atoms with Crippen molar-refractivity contribution in [1.29, 1.82) is 0 Å². The van der Waals surface area contributed by atoms with Crippen LogP contribution in [0, 0.1) is 0 Å². The molecule has 1 atom stereocenters. The molecular formula is C19H33ClIN5. The molecule has 0 spiro atoms. The number of nitrogens with zero attached hydrogens (tertiary/aromatic N) is 3. The van der Waals surface area contributed by atoms with Crippen molar-refractivity contribution >= 4 is 41.5 Å². The van der Waals surface area contributed by atoms with Crippen LogP contribution in [0.2, 0.25) is 5.02 Å². The first-order chi connectivity index (χ1) is 12.1. The molecule has 0 amide bonds. The lowest BCUT2D eigenvalue weighted by molar-refractivity contribution is 0.107. The number of halogens is 2. The molecule has 0 saturated carbocycles. The van der Waals surface area contributed by atoms with E-state index in [1.807, 2.05) is 18.2 Å². The molecule has 0 aliphatic carbocycles. The van der Waals surface area contributed by atoms with Crippen LogP contribution in [0.4, 0.5) is 0 Å². The predicted molar refractivity (Wildman–Crippen MR) is 123 cm³/mol. The summed E-state index contributed by atoms with van der Waals surface area (Å²) in [5.74, 6) is 0.863. The van der Waals surface area contributed by atoms with E-state index in [0.717, 1.165) is 49.3 Å². The number of guanidine groups is 1. The molecule has 1 unspecified atom stereocenters. The lowest BCUT2D eigenvalue weighted by atomic mass is 10.2. The molecule has 1 aromatic rings. The molecule has 0 bridgehead atoms. The monoisotopic (exact) mass is 493 g/mol. The van der Waals surface area contributed by atoms with E-state index in [4.69, 9.17) is 11.6 Å². The molecule has 1 fully saturated rings. The molecule has 148 valence electrons. The van der Waals surface area contributed by atoms with Gasteiger partial charge in [-0.05, 0) is 38.1 Å². The summed E-state index contributed by atoms with van der Waals surface area (Å²) in [6.07, 6.45) is 0. The Bertz CT molecular complexity index is 546. The summed E-state index contributed by atoms with van der Waals surface area (Å²) < 4.78 is 0. The first-order valence-corrected chi connectivity index (χ1v) is 9.73. The topological polar surface area (TPSA) is 42.9 Å². The van der Waals surface area contributed by atoms with E-state index in [9.17, 15) is 0 Å². The van der Waals surface area contributed by atoms with Crippen LogP contribution >= 0.6 is 35.6 Å². The van der Waals surface area contributed by atoms with Crippen molar-refractivity contribution < 1.29 is 0 Å². The maximum absolute atomic E-state index is 6.04. The van der Waals surface area contributed by atoms with E-state index in [2.05, 4.69) is 52.3 Å². The minimum absolute atomic E-state index is 0. The van der Waals surface area contributed by atoms with Crippen LogP contribution in [-0.4, -0.2) is 67.6 Å². The minimum Gasteiger partial charge on any atom is -0.357 e. The van der Waals surface area contributed by atoms with Gasteiger partial charge in [-0.1, -0.05) is 30.7 Å². The van der Waals surface area contributed by atoms with Gasteiger partial charge in [-0.15, -0.1) is 24.0 Å². The van der Waals surface area contributed by atoms with Crippen LogP contribution < -0.4 is 10.6 Å². The molecule has 2 N–H and O–H groups in total. The van der Waals surface area contributed by atoms with E-state index in [1.54, 1.807) is 0 Å². The second-order valence-corrected chi connectivity index (χ2v) is 6.96. The van der Waals surface area contributed by atoms with Gasteiger partial charge in [-0.3, -0.25) is 4.90 Å². The second-order valence-electron chi connectivity index (χ2n) is 6.53. The third-order valence-electron chi connectivity index (χ3n) is 4.70. The van der Waals surface area contributed by atoms with Gasteiger partial charge in [0.2, 0.25) is 0 Å². The molecule has 1 saturated heterocycles. The molecule has 2 rings (SSSR count). The maximum atomic E-state index is 6.04. The number of piperazine rings is 1. The molecule has 0 radical (unpaired) electrons. The van der Waals surface area contributed by atoms with Gasteiger partial charge in [0.1, 0.15) is 0 Å². The van der Waals surface area contributed by atoms with Crippen LogP contribution in [0.3, 0.4) is 0 Å². The number of benzene rings is 1. The Hall–Kier alpha value is -0.570. The third kappa shape index (κ3) is 7.98. The van der Waals surface area contributed by atoms with Crippen molar-refractivity contribution in [3.05, 3.63) is 34.9 Å². The van der Waals surface area contributed by atoms with Crippen molar-refractivity contribution in [3.63, 3.8) is 0 Å². The summed E-state index contributed by atoms with van der Waals surface area (Å²) in [7, 11) is 0. The SMILES string of the molecule is CCNC(=NCc1cccc(Cl)c1)NCC(C)N1CCN(CC)CC1.I. The number of hydrogen-bond acceptors (Lipinski definition) is 3. The Morgan fingerprint density at radius 3 is 2.54 bits per heavy atom. The molecule has 5 nitrogen and oxygen atoms in total. The van der Waals surface area contributed by atoms with Gasteiger partial charge in [0, 0.05) is 50.3 Å². The van der Waals surface area contributed by atoms with E-state index in [-0.39, 0.29) is 24.0 Å². The highest BCUT2D eigenvalue weighted by atomic mass is 127. The quantitative estimate of drug-likeness (QED) is 0.348. The van der Waals surface area contributed by atoms with Gasteiger partial charge in [0.05, 0.1) is 6.54 Å². The lowest BCUT2D eigenvalue weighted by Crippen LogP contribution is -2.53. The number of rotatable bonds is 7. The molecule has 1 aliphatic heterocycles. The second kappa shape index (κ2) is 12.8. The maximum Gasteiger partial charge on any atom is 0.191 e. The smallest absolute Gasteiger partial charge is 0.191 e. The van der Waals surface area contributed by atoms with Crippen LogP contribution in [0.15, 0.2) is 29.3 Å². The normalized spacial score (nSPS) is 17.5. The van der Waals surface area contributed by atoms with Gasteiger partial charge in [0.25, 0.3) is 0 Å². The van der Waals surface area contributed by atoms with Crippen molar-refractivity contribution in [2.24, 2.45) is 4.99 Å². The zero-order chi connectivity index (χ0) is 18.1. The molecule has 1 aromatic carbocycles. The zero-order valence-electron chi connectivity index (χ0n) is 16.2. The van der Waals surface area contributed by atoms with Gasteiger partial charge in [0.15, 0.2) is 5.96 Å². The fourth-order valence-corrected chi connectivity index (χ4v) is 3.25. The van der Waals surface area contributed by atoms with Gasteiger partial charge in [-0.25, -0.2) is 4.99 Å². The summed E-state index contributed by atoms with van der Waals surface area (Å²) in [4.78, 5) is 9.74. The minimum atomic E-state index is 0. The van der Waals surface area contributed by atoms with Crippen molar-refractivity contribution in [3.8, 4) is 0 Å². The van der Waals surface area contributed by atoms with E-state index in [0.29, 0.717) is 12.6 Å². The molecule has 1 heterocycles. The standard InChI is InChI=1S/C19H32ClN5.HI/c1-4-21-19(23-15-17-7-6-8-18(20)13-17)22-14-16(3)25-11-9-24(5-2)10-12-25;/h6-8,13,16H,4-5,9-12,14-15H2,1-3H3,(H2,21,22,23);1H. The number of likely N-dealkylation sites (N-methyl/N-ethyl adjacent to an activating group) is 1. The molecule has 1 aliphatic rings.